The van der Waals surface area contributed by atoms with Crippen molar-refractivity contribution in [1.82, 2.24) is 15.4 Å². The van der Waals surface area contributed by atoms with Gasteiger partial charge in [-0.3, -0.25) is 15.0 Å². The van der Waals surface area contributed by atoms with Gasteiger partial charge in [-0.15, -0.1) is 11.8 Å². The number of hydrogen-bond donors (Lipinski definition) is 3. The van der Waals surface area contributed by atoms with Crippen molar-refractivity contribution < 1.29 is 9.59 Å². The van der Waals surface area contributed by atoms with Crippen LogP contribution in [0.3, 0.4) is 0 Å². The molecule has 8 heteroatoms. The van der Waals surface area contributed by atoms with Crippen LogP contribution in [0.15, 0.2) is 6.07 Å². The molecular weight excluding hydrogens is 284 g/mol. The Labute approximate surface area is 120 Å². The topological polar surface area (TPSA) is 91.2 Å². The molecule has 2 heterocycles. The highest BCUT2D eigenvalue weighted by Gasteiger charge is 2.35. The van der Waals surface area contributed by atoms with Gasteiger partial charge in [0.15, 0.2) is 10.9 Å². The van der Waals surface area contributed by atoms with Gasteiger partial charge < -0.3 is 10.7 Å². The normalized spacial score (nSPS) is 18.7. The number of aromatic nitrogens is 1. The number of hydrazine groups is 1. The number of rotatable bonds is 3. The van der Waals surface area contributed by atoms with Crippen molar-refractivity contribution in [3.63, 3.8) is 0 Å². The summed E-state index contributed by atoms with van der Waals surface area (Å²) in [7, 11) is 0. The maximum Gasteiger partial charge on any atom is 0.252 e. The van der Waals surface area contributed by atoms with Gasteiger partial charge in [-0.25, -0.2) is 5.01 Å². The minimum absolute atomic E-state index is 0.0109. The molecule has 1 atom stereocenters. The standard InChI is InChI=1S/C11H14N4O2S2/c1-5-7(6(2)16)3-8(13-5)10-15(14-11(12)18)9(17)4-19-10/h3,10,13H,4H2,1-2H3,(H3,12,14,18). The monoisotopic (exact) mass is 298 g/mol. The summed E-state index contributed by atoms with van der Waals surface area (Å²) >= 11 is 6.20. The molecule has 2 rings (SSSR count). The molecule has 1 aliphatic rings. The van der Waals surface area contributed by atoms with Gasteiger partial charge in [0.25, 0.3) is 5.91 Å². The number of hydrogen-bond acceptors (Lipinski definition) is 4. The van der Waals surface area contributed by atoms with Crippen LogP contribution in [-0.4, -0.2) is 32.5 Å². The summed E-state index contributed by atoms with van der Waals surface area (Å²) in [6.45, 7) is 3.34. The predicted molar refractivity (Wildman–Crippen MR) is 77.5 cm³/mol. The highest BCUT2D eigenvalue weighted by Crippen LogP contribution is 2.37. The Kier molecular flexibility index (Phi) is 3.81. The van der Waals surface area contributed by atoms with Crippen LogP contribution >= 0.6 is 24.0 Å². The largest absolute Gasteiger partial charge is 0.375 e. The fraction of sp³-hybridized carbons (Fsp3) is 0.364. The van der Waals surface area contributed by atoms with E-state index in [1.807, 2.05) is 6.92 Å². The zero-order valence-corrected chi connectivity index (χ0v) is 12.2. The summed E-state index contributed by atoms with van der Waals surface area (Å²) in [6, 6.07) is 1.77. The van der Waals surface area contributed by atoms with Crippen LogP contribution in [0, 0.1) is 6.92 Å². The van der Waals surface area contributed by atoms with Crippen molar-refractivity contribution in [2.75, 3.05) is 5.75 Å². The fourth-order valence-electron chi connectivity index (χ4n) is 1.98. The van der Waals surface area contributed by atoms with Crippen molar-refractivity contribution in [3.05, 3.63) is 23.0 Å². The highest BCUT2D eigenvalue weighted by molar-refractivity contribution is 8.00. The lowest BCUT2D eigenvalue weighted by Crippen LogP contribution is -2.46. The second-order valence-electron chi connectivity index (χ2n) is 4.22. The number of H-pyrrole nitrogens is 1. The van der Waals surface area contributed by atoms with E-state index >= 15 is 0 Å². The van der Waals surface area contributed by atoms with Crippen LogP contribution in [0.1, 0.15) is 34.0 Å². The second kappa shape index (κ2) is 5.22. The zero-order chi connectivity index (χ0) is 14.2. The molecule has 1 aromatic heterocycles. The van der Waals surface area contributed by atoms with Crippen molar-refractivity contribution in [2.24, 2.45) is 5.73 Å². The summed E-state index contributed by atoms with van der Waals surface area (Å²) in [5.74, 6) is 0.232. The Balaban J connectivity index is 2.30. The van der Waals surface area contributed by atoms with Crippen molar-refractivity contribution in [1.29, 1.82) is 0 Å². The molecule has 1 aromatic rings. The SMILES string of the molecule is CC(=O)c1cc(C2SCC(=O)N2NC(N)=S)[nH]c1C. The molecule has 102 valence electrons. The van der Waals surface area contributed by atoms with E-state index in [0.717, 1.165) is 11.4 Å². The van der Waals surface area contributed by atoms with Gasteiger partial charge in [-0.2, -0.15) is 0 Å². The Bertz CT molecular complexity index is 555. The molecule has 1 saturated heterocycles. The van der Waals surface area contributed by atoms with Crippen LogP contribution in [0.2, 0.25) is 0 Å². The summed E-state index contributed by atoms with van der Waals surface area (Å²) in [5, 5.41) is 1.17. The fourth-order valence-corrected chi connectivity index (χ4v) is 3.14. The molecule has 6 nitrogen and oxygen atoms in total. The molecular formula is C11H14N4O2S2. The molecule has 0 spiro atoms. The van der Waals surface area contributed by atoms with Crippen LogP contribution < -0.4 is 11.2 Å². The van der Waals surface area contributed by atoms with Gasteiger partial charge >= 0.3 is 0 Å². The quantitative estimate of drug-likeness (QED) is 0.566. The highest BCUT2D eigenvalue weighted by atomic mass is 32.2. The summed E-state index contributed by atoms with van der Waals surface area (Å²) in [4.78, 5) is 26.4. The Morgan fingerprint density at radius 1 is 1.68 bits per heavy atom. The van der Waals surface area contributed by atoms with E-state index in [-0.39, 0.29) is 22.2 Å². The molecule has 0 saturated carbocycles. The molecule has 19 heavy (non-hydrogen) atoms. The number of ketones is 1. The summed E-state index contributed by atoms with van der Waals surface area (Å²) in [5.41, 5.74) is 10.3. The van der Waals surface area contributed by atoms with E-state index in [0.29, 0.717) is 11.3 Å². The molecule has 1 fully saturated rings. The van der Waals surface area contributed by atoms with E-state index in [2.05, 4.69) is 10.4 Å². The molecule has 1 unspecified atom stereocenters. The smallest absolute Gasteiger partial charge is 0.252 e. The molecule has 0 radical (unpaired) electrons. The maximum atomic E-state index is 11.8. The van der Waals surface area contributed by atoms with Crippen LogP contribution in [0.4, 0.5) is 0 Å². The number of aromatic amines is 1. The number of carbonyl (C=O) groups excluding carboxylic acids is 2. The molecule has 1 amide bonds. The average molecular weight is 298 g/mol. The van der Waals surface area contributed by atoms with Gasteiger partial charge in [-0.1, -0.05) is 0 Å². The number of thiocarbonyl (C=S) groups is 1. The first kappa shape index (κ1) is 13.9. The van der Waals surface area contributed by atoms with E-state index in [1.165, 1.54) is 23.7 Å². The summed E-state index contributed by atoms with van der Waals surface area (Å²) < 4.78 is 0. The first-order chi connectivity index (χ1) is 8.90. The number of Topliss-reactive ketones (excluding diaryl/α,β-unsaturated/α-hetero) is 1. The number of nitrogens with two attached hydrogens (primary N) is 1. The van der Waals surface area contributed by atoms with E-state index < -0.39 is 0 Å². The maximum absolute atomic E-state index is 11.8. The molecule has 0 bridgehead atoms. The Hall–Kier alpha value is -1.54. The lowest BCUT2D eigenvalue weighted by molar-refractivity contribution is -0.129. The third kappa shape index (κ3) is 2.74. The number of nitrogens with zero attached hydrogens (tertiary/aromatic N) is 1. The van der Waals surface area contributed by atoms with Crippen molar-refractivity contribution >= 4 is 40.8 Å². The van der Waals surface area contributed by atoms with E-state index in [9.17, 15) is 9.59 Å². The lowest BCUT2D eigenvalue weighted by Gasteiger charge is -2.23. The van der Waals surface area contributed by atoms with Crippen LogP contribution in [0.5, 0.6) is 0 Å². The minimum Gasteiger partial charge on any atom is -0.375 e. The van der Waals surface area contributed by atoms with Crippen LogP contribution in [-0.2, 0) is 4.79 Å². The van der Waals surface area contributed by atoms with Gasteiger partial charge in [0.2, 0.25) is 0 Å². The van der Waals surface area contributed by atoms with Gasteiger partial charge in [0, 0.05) is 11.3 Å². The van der Waals surface area contributed by atoms with E-state index in [1.54, 1.807) is 6.07 Å². The minimum atomic E-state index is -0.263. The number of thioether (sulfide) groups is 1. The molecule has 4 N–H and O–H groups in total. The number of aryl methyl sites for hydroxylation is 1. The predicted octanol–water partition coefficient (Wildman–Crippen LogP) is 0.848. The van der Waals surface area contributed by atoms with E-state index in [4.69, 9.17) is 18.0 Å². The number of nitrogens with one attached hydrogen (secondary N) is 2. The number of amides is 1. The van der Waals surface area contributed by atoms with Gasteiger partial charge in [-0.05, 0) is 32.1 Å². The average Bonchev–Trinajstić information content (AvgIpc) is 2.83. The second-order valence-corrected chi connectivity index (χ2v) is 5.73. The lowest BCUT2D eigenvalue weighted by atomic mass is 10.2. The molecule has 0 aromatic carbocycles. The third-order valence-corrected chi connectivity index (χ3v) is 4.06. The van der Waals surface area contributed by atoms with Crippen molar-refractivity contribution in [2.45, 2.75) is 19.2 Å². The number of carbonyl (C=O) groups is 2. The van der Waals surface area contributed by atoms with Crippen LogP contribution in [0.25, 0.3) is 0 Å². The zero-order valence-electron chi connectivity index (χ0n) is 10.5. The Morgan fingerprint density at radius 3 is 2.89 bits per heavy atom. The van der Waals surface area contributed by atoms with Gasteiger partial charge in [0.05, 0.1) is 11.4 Å². The molecule has 1 aliphatic heterocycles. The van der Waals surface area contributed by atoms with Gasteiger partial charge in [0.1, 0.15) is 5.37 Å². The Morgan fingerprint density at radius 2 is 2.37 bits per heavy atom. The molecule has 0 aliphatic carbocycles. The van der Waals surface area contributed by atoms with Crippen molar-refractivity contribution in [3.8, 4) is 0 Å². The first-order valence-corrected chi connectivity index (χ1v) is 7.06. The first-order valence-electron chi connectivity index (χ1n) is 5.60. The summed E-state index contributed by atoms with van der Waals surface area (Å²) in [6.07, 6.45) is 0. The third-order valence-electron chi connectivity index (χ3n) is 2.78.